The van der Waals surface area contributed by atoms with Crippen LogP contribution in [0.25, 0.3) is 5.69 Å². The fraction of sp³-hybridized carbons (Fsp3) is 0.412. The smallest absolute Gasteiger partial charge is 0.226 e. The average molecular weight is 296 g/mol. The van der Waals surface area contributed by atoms with E-state index >= 15 is 0 Å². The zero-order valence-corrected chi connectivity index (χ0v) is 12.5. The van der Waals surface area contributed by atoms with E-state index in [-0.39, 0.29) is 11.8 Å². The molecule has 4 rings (SSSR count). The van der Waals surface area contributed by atoms with E-state index in [4.69, 9.17) is 5.10 Å². The van der Waals surface area contributed by atoms with Crippen LogP contribution in [0.2, 0.25) is 0 Å². The van der Waals surface area contributed by atoms with Gasteiger partial charge in [-0.2, -0.15) is 5.10 Å². The summed E-state index contributed by atoms with van der Waals surface area (Å²) < 4.78 is 2.05. The van der Waals surface area contributed by atoms with Crippen molar-refractivity contribution in [1.82, 2.24) is 20.4 Å². The van der Waals surface area contributed by atoms with Crippen LogP contribution in [0, 0.1) is 5.92 Å². The Kier molecular flexibility index (Phi) is 3.42. The van der Waals surface area contributed by atoms with Gasteiger partial charge in [0.2, 0.25) is 5.91 Å². The van der Waals surface area contributed by atoms with Crippen LogP contribution in [-0.2, 0) is 24.2 Å². The molecule has 2 heterocycles. The van der Waals surface area contributed by atoms with E-state index < -0.39 is 0 Å². The molecule has 2 N–H and O–H groups in total. The molecule has 1 amide bonds. The minimum atomic E-state index is 0.129. The lowest BCUT2D eigenvalue weighted by atomic mass is 10.0. The first-order valence-corrected chi connectivity index (χ1v) is 7.96. The lowest BCUT2D eigenvalue weighted by molar-refractivity contribution is -0.126. The molecular weight excluding hydrogens is 276 g/mol. The van der Waals surface area contributed by atoms with Gasteiger partial charge in [-0.05, 0) is 37.0 Å². The Morgan fingerprint density at radius 1 is 1.27 bits per heavy atom. The van der Waals surface area contributed by atoms with Crippen molar-refractivity contribution in [2.45, 2.75) is 25.8 Å². The summed E-state index contributed by atoms with van der Waals surface area (Å²) in [7, 11) is 0. The second-order valence-electron chi connectivity index (χ2n) is 6.05. The number of rotatable bonds is 4. The molecule has 5 heteroatoms. The first kappa shape index (κ1) is 13.5. The third kappa shape index (κ3) is 2.31. The number of hydrogen-bond acceptors (Lipinski definition) is 3. The zero-order valence-electron chi connectivity index (χ0n) is 12.5. The maximum atomic E-state index is 12.0. The molecule has 1 aliphatic heterocycles. The number of benzene rings is 1. The van der Waals surface area contributed by atoms with Crippen molar-refractivity contribution in [1.29, 1.82) is 0 Å². The third-order valence-corrected chi connectivity index (χ3v) is 4.60. The topological polar surface area (TPSA) is 59.0 Å². The minimum absolute atomic E-state index is 0.129. The Morgan fingerprint density at radius 2 is 2.09 bits per heavy atom. The number of hydrogen-bond donors (Lipinski definition) is 2. The Morgan fingerprint density at radius 3 is 2.82 bits per heavy atom. The molecule has 114 valence electrons. The summed E-state index contributed by atoms with van der Waals surface area (Å²) in [6, 6.07) is 10.2. The molecule has 0 spiro atoms. The van der Waals surface area contributed by atoms with E-state index in [9.17, 15) is 4.79 Å². The maximum absolute atomic E-state index is 12.0. The van der Waals surface area contributed by atoms with Gasteiger partial charge in [0.1, 0.15) is 0 Å². The van der Waals surface area contributed by atoms with Gasteiger partial charge >= 0.3 is 0 Å². The maximum Gasteiger partial charge on any atom is 0.226 e. The average Bonchev–Trinajstić information content (AvgIpc) is 3.06. The number of nitrogens with one attached hydrogen (secondary N) is 2. The molecule has 1 aromatic carbocycles. The number of carbonyl (C=O) groups excluding carboxylic acids is 1. The van der Waals surface area contributed by atoms with Crippen molar-refractivity contribution in [3.05, 3.63) is 47.3 Å². The van der Waals surface area contributed by atoms with Crippen LogP contribution >= 0.6 is 0 Å². The summed E-state index contributed by atoms with van der Waals surface area (Å²) >= 11 is 0. The summed E-state index contributed by atoms with van der Waals surface area (Å²) in [6.45, 7) is 2.13. The summed E-state index contributed by atoms with van der Waals surface area (Å²) in [6.07, 6.45) is 3.31. The lowest BCUT2D eigenvalue weighted by Crippen LogP contribution is -2.50. The Bertz CT molecular complexity index is 688. The van der Waals surface area contributed by atoms with Crippen molar-refractivity contribution in [3.8, 4) is 5.69 Å². The fourth-order valence-electron chi connectivity index (χ4n) is 3.23. The molecule has 0 atom stereocenters. The number of nitrogens with zero attached hydrogens (tertiary/aromatic N) is 2. The van der Waals surface area contributed by atoms with E-state index in [1.54, 1.807) is 0 Å². The second-order valence-corrected chi connectivity index (χ2v) is 6.05. The van der Waals surface area contributed by atoms with Crippen LogP contribution in [0.15, 0.2) is 30.3 Å². The molecule has 0 radical (unpaired) electrons. The number of amides is 1. The molecule has 1 aromatic heterocycles. The Balaban J connectivity index is 1.57. The van der Waals surface area contributed by atoms with Crippen LogP contribution in [0.5, 0.6) is 0 Å². The van der Waals surface area contributed by atoms with Crippen LogP contribution in [0.4, 0.5) is 0 Å². The molecule has 5 nitrogen and oxygen atoms in total. The highest BCUT2D eigenvalue weighted by Gasteiger charge is 2.26. The van der Waals surface area contributed by atoms with Crippen molar-refractivity contribution in [2.75, 3.05) is 13.1 Å². The van der Waals surface area contributed by atoms with Crippen LogP contribution in [0.3, 0.4) is 0 Å². The van der Waals surface area contributed by atoms with Crippen molar-refractivity contribution >= 4 is 5.91 Å². The van der Waals surface area contributed by atoms with Gasteiger partial charge < -0.3 is 10.6 Å². The van der Waals surface area contributed by atoms with Gasteiger partial charge in [-0.1, -0.05) is 18.2 Å². The first-order chi connectivity index (χ1) is 10.8. The van der Waals surface area contributed by atoms with Gasteiger partial charge in [-0.15, -0.1) is 0 Å². The van der Waals surface area contributed by atoms with Gasteiger partial charge in [0.05, 0.1) is 23.8 Å². The molecule has 1 fully saturated rings. The lowest BCUT2D eigenvalue weighted by Gasteiger charge is -2.25. The third-order valence-electron chi connectivity index (χ3n) is 4.60. The first-order valence-electron chi connectivity index (χ1n) is 7.96. The predicted octanol–water partition coefficient (Wildman–Crippen LogP) is 1.20. The Labute approximate surface area is 129 Å². The summed E-state index contributed by atoms with van der Waals surface area (Å²) in [5, 5.41) is 10.9. The molecule has 1 aliphatic carbocycles. The van der Waals surface area contributed by atoms with Crippen molar-refractivity contribution in [3.63, 3.8) is 0 Å². The quantitative estimate of drug-likeness (QED) is 0.891. The molecule has 2 aromatic rings. The van der Waals surface area contributed by atoms with E-state index in [2.05, 4.69) is 27.4 Å². The number of aromatic nitrogens is 2. The largest absolute Gasteiger partial charge is 0.350 e. The highest BCUT2D eigenvalue weighted by Crippen LogP contribution is 2.27. The van der Waals surface area contributed by atoms with Crippen LogP contribution in [0.1, 0.15) is 23.4 Å². The van der Waals surface area contributed by atoms with E-state index in [1.165, 1.54) is 17.7 Å². The standard InChI is InChI=1S/C17H20N4O/c22-17(12-9-18-10-12)19-11-15-14-7-4-8-16(14)21(20-15)13-5-2-1-3-6-13/h1-3,5-6,12,18H,4,7-11H2,(H,19,22). The normalized spacial score (nSPS) is 17.1. The van der Waals surface area contributed by atoms with Gasteiger partial charge in [-0.3, -0.25) is 4.79 Å². The van der Waals surface area contributed by atoms with Gasteiger partial charge in [0, 0.05) is 18.8 Å². The van der Waals surface area contributed by atoms with E-state index in [0.29, 0.717) is 6.54 Å². The number of fused-ring (bicyclic) bond motifs is 1. The molecule has 22 heavy (non-hydrogen) atoms. The van der Waals surface area contributed by atoms with Crippen LogP contribution in [-0.4, -0.2) is 28.8 Å². The molecule has 0 unspecified atom stereocenters. The highest BCUT2D eigenvalue weighted by atomic mass is 16.2. The minimum Gasteiger partial charge on any atom is -0.350 e. The highest BCUT2D eigenvalue weighted by molar-refractivity contribution is 5.80. The van der Waals surface area contributed by atoms with Gasteiger partial charge in [-0.25, -0.2) is 4.68 Å². The second kappa shape index (κ2) is 5.57. The summed E-state index contributed by atoms with van der Waals surface area (Å²) in [5.74, 6) is 0.268. The molecule has 0 bridgehead atoms. The van der Waals surface area contributed by atoms with Gasteiger partial charge in [0.15, 0.2) is 0 Å². The van der Waals surface area contributed by atoms with E-state index in [1.807, 2.05) is 18.2 Å². The summed E-state index contributed by atoms with van der Waals surface area (Å²) in [5.41, 5.74) is 4.76. The SMILES string of the molecule is O=C(NCc1nn(-c2ccccc2)c2c1CCC2)C1CNC1. The van der Waals surface area contributed by atoms with E-state index in [0.717, 1.165) is 37.3 Å². The molecule has 0 saturated carbocycles. The van der Waals surface area contributed by atoms with Gasteiger partial charge in [0.25, 0.3) is 0 Å². The predicted molar refractivity (Wildman–Crippen MR) is 83.8 cm³/mol. The monoisotopic (exact) mass is 296 g/mol. The van der Waals surface area contributed by atoms with Crippen molar-refractivity contribution in [2.24, 2.45) is 5.92 Å². The fourth-order valence-corrected chi connectivity index (χ4v) is 3.23. The molecule has 2 aliphatic rings. The number of carbonyl (C=O) groups is 1. The van der Waals surface area contributed by atoms with Crippen LogP contribution < -0.4 is 10.6 Å². The molecule has 1 saturated heterocycles. The number of para-hydroxylation sites is 1. The molecular formula is C17H20N4O. The Hall–Kier alpha value is -2.14. The van der Waals surface area contributed by atoms with Crippen molar-refractivity contribution < 1.29 is 4.79 Å². The summed E-state index contributed by atoms with van der Waals surface area (Å²) in [4.78, 5) is 12.0. The zero-order chi connectivity index (χ0) is 14.9.